The number of ether oxygens (including phenoxy) is 2. The number of hydrogen-bond acceptors (Lipinski definition) is 6. The van der Waals surface area contributed by atoms with Crippen LogP contribution in [0.15, 0.2) is 53.4 Å². The Labute approximate surface area is 165 Å². The molecule has 1 aromatic heterocycles. The Hall–Kier alpha value is -2.51. The molecule has 138 valence electrons. The number of hydrogen-bond donors (Lipinski definition) is 1. The van der Waals surface area contributed by atoms with Crippen LogP contribution >= 0.6 is 23.1 Å². The summed E-state index contributed by atoms with van der Waals surface area (Å²) >= 11 is 2.95. The first-order valence-electron chi connectivity index (χ1n) is 8.54. The van der Waals surface area contributed by atoms with Crippen molar-refractivity contribution in [2.24, 2.45) is 0 Å². The Morgan fingerprint density at radius 2 is 1.93 bits per heavy atom. The van der Waals surface area contributed by atoms with Gasteiger partial charge in [0.2, 0.25) is 5.91 Å². The van der Waals surface area contributed by atoms with Crippen LogP contribution in [-0.2, 0) is 4.79 Å². The SMILES string of the molecule is Cc1sc(NC(=O)CSc2ccc3c(c2)OCCO3)nc1-c1ccccc1. The molecule has 5 nitrogen and oxygen atoms in total. The van der Waals surface area contributed by atoms with Crippen molar-refractivity contribution in [3.8, 4) is 22.8 Å². The smallest absolute Gasteiger partial charge is 0.236 e. The standard InChI is InChI=1S/C20H18N2O3S2/c1-13-19(14-5-3-2-4-6-14)22-20(27-13)21-18(23)12-26-15-7-8-16-17(11-15)25-10-9-24-16/h2-8,11H,9-10,12H2,1H3,(H,21,22,23). The highest BCUT2D eigenvalue weighted by Crippen LogP contribution is 2.34. The van der Waals surface area contributed by atoms with Crippen LogP contribution in [-0.4, -0.2) is 29.9 Å². The van der Waals surface area contributed by atoms with E-state index in [-0.39, 0.29) is 5.91 Å². The third-order valence-corrected chi connectivity index (χ3v) is 5.85. The van der Waals surface area contributed by atoms with Crippen LogP contribution in [0.25, 0.3) is 11.3 Å². The summed E-state index contributed by atoms with van der Waals surface area (Å²) in [5, 5.41) is 3.52. The van der Waals surface area contributed by atoms with Gasteiger partial charge in [-0.15, -0.1) is 23.1 Å². The fourth-order valence-electron chi connectivity index (χ4n) is 2.73. The number of thioether (sulfide) groups is 1. The summed E-state index contributed by atoms with van der Waals surface area (Å²) in [6.07, 6.45) is 0. The van der Waals surface area contributed by atoms with Crippen molar-refractivity contribution in [1.82, 2.24) is 4.98 Å². The quantitative estimate of drug-likeness (QED) is 0.636. The highest BCUT2D eigenvalue weighted by molar-refractivity contribution is 8.00. The van der Waals surface area contributed by atoms with E-state index in [9.17, 15) is 4.79 Å². The predicted octanol–water partition coefficient (Wildman–Crippen LogP) is 4.62. The van der Waals surface area contributed by atoms with Crippen LogP contribution in [0, 0.1) is 6.92 Å². The molecule has 3 aromatic rings. The van der Waals surface area contributed by atoms with Crippen molar-refractivity contribution in [2.75, 3.05) is 24.3 Å². The van der Waals surface area contributed by atoms with Crippen molar-refractivity contribution < 1.29 is 14.3 Å². The van der Waals surface area contributed by atoms with Crippen LogP contribution in [0.2, 0.25) is 0 Å². The molecule has 0 fully saturated rings. The van der Waals surface area contributed by atoms with Gasteiger partial charge in [0.05, 0.1) is 11.4 Å². The molecular formula is C20H18N2O3S2. The molecule has 7 heteroatoms. The summed E-state index contributed by atoms with van der Waals surface area (Å²) in [7, 11) is 0. The van der Waals surface area contributed by atoms with E-state index in [2.05, 4.69) is 10.3 Å². The fraction of sp³-hybridized carbons (Fsp3) is 0.200. The number of nitrogens with one attached hydrogen (secondary N) is 1. The molecule has 1 amide bonds. The van der Waals surface area contributed by atoms with Crippen molar-refractivity contribution in [2.45, 2.75) is 11.8 Å². The molecule has 2 heterocycles. The Morgan fingerprint density at radius 1 is 1.15 bits per heavy atom. The topological polar surface area (TPSA) is 60.5 Å². The zero-order chi connectivity index (χ0) is 18.6. The van der Waals surface area contributed by atoms with Crippen LogP contribution < -0.4 is 14.8 Å². The number of aromatic nitrogens is 1. The molecule has 1 aliphatic heterocycles. The molecule has 0 saturated heterocycles. The van der Waals surface area contributed by atoms with Gasteiger partial charge >= 0.3 is 0 Å². The largest absolute Gasteiger partial charge is 0.486 e. The maximum atomic E-state index is 12.3. The van der Waals surface area contributed by atoms with Crippen molar-refractivity contribution in [3.63, 3.8) is 0 Å². The average molecular weight is 399 g/mol. The molecule has 4 rings (SSSR count). The van der Waals surface area contributed by atoms with E-state index in [1.165, 1.54) is 23.1 Å². The number of carbonyl (C=O) groups is 1. The van der Waals surface area contributed by atoms with E-state index in [0.717, 1.165) is 32.5 Å². The van der Waals surface area contributed by atoms with Gasteiger partial charge in [-0.05, 0) is 25.1 Å². The molecule has 0 bridgehead atoms. The monoisotopic (exact) mass is 398 g/mol. The number of benzene rings is 2. The number of rotatable bonds is 5. The van der Waals surface area contributed by atoms with Gasteiger partial charge in [-0.25, -0.2) is 4.98 Å². The Balaban J connectivity index is 1.37. The van der Waals surface area contributed by atoms with Crippen molar-refractivity contribution >= 4 is 34.1 Å². The average Bonchev–Trinajstić information content (AvgIpc) is 3.07. The van der Waals surface area contributed by atoms with E-state index in [4.69, 9.17) is 9.47 Å². The second-order valence-corrected chi connectivity index (χ2v) is 8.18. The number of thiazole rings is 1. The Bertz CT molecular complexity index is 957. The fourth-order valence-corrected chi connectivity index (χ4v) is 4.31. The van der Waals surface area contributed by atoms with Gasteiger partial charge in [0.1, 0.15) is 13.2 Å². The van der Waals surface area contributed by atoms with E-state index in [1.54, 1.807) is 0 Å². The molecule has 1 aliphatic rings. The number of fused-ring (bicyclic) bond motifs is 1. The predicted molar refractivity (Wildman–Crippen MR) is 109 cm³/mol. The van der Waals surface area contributed by atoms with Gasteiger partial charge in [0.15, 0.2) is 16.6 Å². The molecule has 2 aromatic carbocycles. The second kappa shape index (κ2) is 8.02. The lowest BCUT2D eigenvalue weighted by molar-refractivity contribution is -0.113. The van der Waals surface area contributed by atoms with Crippen molar-refractivity contribution in [3.05, 3.63) is 53.4 Å². The molecule has 1 N–H and O–H groups in total. The molecule has 0 saturated carbocycles. The minimum atomic E-state index is -0.0803. The molecule has 0 spiro atoms. The third-order valence-electron chi connectivity index (χ3n) is 3.97. The lowest BCUT2D eigenvalue weighted by Crippen LogP contribution is -2.15. The van der Waals surface area contributed by atoms with E-state index < -0.39 is 0 Å². The van der Waals surface area contributed by atoms with E-state index in [0.29, 0.717) is 24.1 Å². The third kappa shape index (κ3) is 4.26. The lowest BCUT2D eigenvalue weighted by Gasteiger charge is -2.18. The highest BCUT2D eigenvalue weighted by atomic mass is 32.2. The molecule has 0 atom stereocenters. The summed E-state index contributed by atoms with van der Waals surface area (Å²) in [6.45, 7) is 3.13. The maximum Gasteiger partial charge on any atom is 0.236 e. The Kier molecular flexibility index (Phi) is 5.31. The van der Waals surface area contributed by atoms with E-state index in [1.807, 2.05) is 55.5 Å². The normalized spacial score (nSPS) is 12.6. The van der Waals surface area contributed by atoms with Crippen LogP contribution in [0.3, 0.4) is 0 Å². The number of carbonyl (C=O) groups excluding carboxylic acids is 1. The summed E-state index contributed by atoms with van der Waals surface area (Å²) in [6, 6.07) is 15.7. The summed E-state index contributed by atoms with van der Waals surface area (Å²) in [5.41, 5.74) is 1.97. The minimum absolute atomic E-state index is 0.0803. The first-order chi connectivity index (χ1) is 13.2. The van der Waals surface area contributed by atoms with Crippen molar-refractivity contribution in [1.29, 1.82) is 0 Å². The van der Waals surface area contributed by atoms with Gasteiger partial charge in [0, 0.05) is 15.3 Å². The zero-order valence-corrected chi connectivity index (χ0v) is 16.4. The van der Waals surface area contributed by atoms with Crippen LogP contribution in [0.5, 0.6) is 11.5 Å². The number of nitrogens with zero attached hydrogens (tertiary/aromatic N) is 1. The Morgan fingerprint density at radius 3 is 2.74 bits per heavy atom. The first-order valence-corrected chi connectivity index (χ1v) is 10.3. The van der Waals surface area contributed by atoms with Gasteiger partial charge in [-0.1, -0.05) is 30.3 Å². The molecule has 0 aliphatic carbocycles. The van der Waals surface area contributed by atoms with Gasteiger partial charge in [-0.3, -0.25) is 4.79 Å². The summed E-state index contributed by atoms with van der Waals surface area (Å²) in [4.78, 5) is 18.9. The van der Waals surface area contributed by atoms with Gasteiger partial charge in [0.25, 0.3) is 0 Å². The van der Waals surface area contributed by atoms with Crippen LogP contribution in [0.1, 0.15) is 4.88 Å². The first kappa shape index (κ1) is 17.9. The molecule has 27 heavy (non-hydrogen) atoms. The van der Waals surface area contributed by atoms with E-state index >= 15 is 0 Å². The molecule has 0 radical (unpaired) electrons. The number of amides is 1. The lowest BCUT2D eigenvalue weighted by atomic mass is 10.1. The zero-order valence-electron chi connectivity index (χ0n) is 14.7. The second-order valence-electron chi connectivity index (χ2n) is 5.93. The maximum absolute atomic E-state index is 12.3. The molecule has 0 unspecified atom stereocenters. The minimum Gasteiger partial charge on any atom is -0.486 e. The van der Waals surface area contributed by atoms with Gasteiger partial charge < -0.3 is 14.8 Å². The number of anilines is 1. The molecular weight excluding hydrogens is 380 g/mol. The highest BCUT2D eigenvalue weighted by Gasteiger charge is 2.14. The van der Waals surface area contributed by atoms with Gasteiger partial charge in [-0.2, -0.15) is 0 Å². The van der Waals surface area contributed by atoms with Crippen LogP contribution in [0.4, 0.5) is 5.13 Å². The number of aryl methyl sites for hydroxylation is 1. The summed E-state index contributed by atoms with van der Waals surface area (Å²) in [5.74, 6) is 1.71. The summed E-state index contributed by atoms with van der Waals surface area (Å²) < 4.78 is 11.1.